The lowest BCUT2D eigenvalue weighted by atomic mass is 9.98. The lowest BCUT2D eigenvalue weighted by Gasteiger charge is -2.12. The van der Waals surface area contributed by atoms with E-state index in [0.29, 0.717) is 21.7 Å². The number of nitrogens with one attached hydrogen (secondary N) is 1. The molecule has 0 atom stereocenters. The highest BCUT2D eigenvalue weighted by molar-refractivity contribution is 7.98. The van der Waals surface area contributed by atoms with Crippen LogP contribution in [-0.2, 0) is 5.41 Å². The Labute approximate surface area is 158 Å². The topological polar surface area (TPSA) is 72.7 Å². The lowest BCUT2D eigenvalue weighted by Crippen LogP contribution is -2.16. The number of carbonyl (C=O) groups is 1. The van der Waals surface area contributed by atoms with Crippen molar-refractivity contribution < 1.29 is 9.18 Å². The molecule has 2 aromatic heterocycles. The molecule has 136 valence electrons. The second-order valence-electron chi connectivity index (χ2n) is 6.56. The van der Waals surface area contributed by atoms with Gasteiger partial charge in [-0.25, -0.2) is 9.37 Å². The molecule has 3 aromatic rings. The first kappa shape index (κ1) is 18.5. The van der Waals surface area contributed by atoms with Crippen LogP contribution in [0, 0.1) is 5.82 Å². The standard InChI is InChI=1S/C17H18FN5OS2/c1-17(2,3)14-21-22-15(26-14)20-13(24)12-9-19-16(25-4)23(12)11-7-5-10(18)6-8-11/h5-9H,1-4H3,(H,20,22,24). The van der Waals surface area contributed by atoms with Crippen molar-refractivity contribution in [3.05, 3.63) is 47.0 Å². The number of hydrogen-bond donors (Lipinski definition) is 1. The molecule has 0 aliphatic heterocycles. The molecule has 0 aliphatic rings. The van der Waals surface area contributed by atoms with Crippen LogP contribution in [0.1, 0.15) is 36.3 Å². The molecule has 0 bridgehead atoms. The van der Waals surface area contributed by atoms with Crippen molar-refractivity contribution >= 4 is 34.1 Å². The van der Waals surface area contributed by atoms with Gasteiger partial charge >= 0.3 is 0 Å². The van der Waals surface area contributed by atoms with Crippen molar-refractivity contribution in [1.29, 1.82) is 0 Å². The SMILES string of the molecule is CSc1ncc(C(=O)Nc2nnc(C(C)(C)C)s2)n1-c1ccc(F)cc1. The minimum atomic E-state index is -0.348. The smallest absolute Gasteiger partial charge is 0.276 e. The number of aromatic nitrogens is 4. The molecule has 0 radical (unpaired) electrons. The average molecular weight is 391 g/mol. The van der Waals surface area contributed by atoms with Gasteiger partial charge < -0.3 is 0 Å². The zero-order valence-electron chi connectivity index (χ0n) is 14.8. The largest absolute Gasteiger partial charge is 0.295 e. The Bertz CT molecular complexity index is 928. The number of halogens is 1. The molecular weight excluding hydrogens is 373 g/mol. The van der Waals surface area contributed by atoms with Crippen molar-refractivity contribution in [3.63, 3.8) is 0 Å². The van der Waals surface area contributed by atoms with Crippen LogP contribution in [0.3, 0.4) is 0 Å². The lowest BCUT2D eigenvalue weighted by molar-refractivity contribution is 0.102. The van der Waals surface area contributed by atoms with E-state index in [1.54, 1.807) is 16.7 Å². The van der Waals surface area contributed by atoms with Crippen LogP contribution < -0.4 is 5.32 Å². The van der Waals surface area contributed by atoms with Gasteiger partial charge in [0.05, 0.1) is 6.20 Å². The van der Waals surface area contributed by atoms with Crippen molar-refractivity contribution in [2.45, 2.75) is 31.3 Å². The van der Waals surface area contributed by atoms with Crippen molar-refractivity contribution in [3.8, 4) is 5.69 Å². The quantitative estimate of drug-likeness (QED) is 0.677. The number of rotatable bonds is 4. The predicted octanol–water partition coefficient (Wildman–Crippen LogP) is 4.13. The molecular formula is C17H18FN5OS2. The second-order valence-corrected chi connectivity index (χ2v) is 8.31. The van der Waals surface area contributed by atoms with Gasteiger partial charge in [-0.05, 0) is 30.5 Å². The van der Waals surface area contributed by atoms with Gasteiger partial charge in [-0.15, -0.1) is 10.2 Å². The molecule has 0 unspecified atom stereocenters. The van der Waals surface area contributed by atoms with E-state index in [9.17, 15) is 9.18 Å². The third kappa shape index (κ3) is 3.78. The number of benzene rings is 1. The van der Waals surface area contributed by atoms with Crippen LogP contribution in [-0.4, -0.2) is 31.9 Å². The van der Waals surface area contributed by atoms with E-state index in [4.69, 9.17) is 0 Å². The highest BCUT2D eigenvalue weighted by Crippen LogP contribution is 2.28. The van der Waals surface area contributed by atoms with Crippen molar-refractivity contribution in [2.75, 3.05) is 11.6 Å². The maximum Gasteiger partial charge on any atom is 0.276 e. The van der Waals surface area contributed by atoms with Crippen molar-refractivity contribution in [2.24, 2.45) is 0 Å². The summed E-state index contributed by atoms with van der Waals surface area (Å²) in [6, 6.07) is 5.91. The van der Waals surface area contributed by atoms with Gasteiger partial charge in [0.25, 0.3) is 5.91 Å². The van der Waals surface area contributed by atoms with Gasteiger partial charge in [-0.1, -0.05) is 43.9 Å². The summed E-state index contributed by atoms with van der Waals surface area (Å²) in [4.78, 5) is 17.0. The summed E-state index contributed by atoms with van der Waals surface area (Å²) in [6.07, 6.45) is 3.36. The van der Waals surface area contributed by atoms with Crippen LogP contribution in [0.5, 0.6) is 0 Å². The number of imidazole rings is 1. The van der Waals surface area contributed by atoms with E-state index in [1.807, 2.05) is 27.0 Å². The van der Waals surface area contributed by atoms with E-state index in [1.165, 1.54) is 41.4 Å². The zero-order valence-corrected chi connectivity index (χ0v) is 16.4. The summed E-state index contributed by atoms with van der Waals surface area (Å²) in [5, 5.41) is 12.8. The summed E-state index contributed by atoms with van der Waals surface area (Å²) in [5.74, 6) is -0.687. The fourth-order valence-corrected chi connectivity index (χ4v) is 3.56. The molecule has 26 heavy (non-hydrogen) atoms. The Balaban J connectivity index is 1.91. The Morgan fingerprint density at radius 2 is 1.92 bits per heavy atom. The molecule has 0 aliphatic carbocycles. The number of amides is 1. The van der Waals surface area contributed by atoms with Gasteiger partial charge in [0.1, 0.15) is 16.5 Å². The first-order chi connectivity index (χ1) is 12.3. The van der Waals surface area contributed by atoms with Crippen LogP contribution in [0.15, 0.2) is 35.6 Å². The highest BCUT2D eigenvalue weighted by Gasteiger charge is 2.22. The summed E-state index contributed by atoms with van der Waals surface area (Å²) in [7, 11) is 0. The van der Waals surface area contributed by atoms with Crippen molar-refractivity contribution in [1.82, 2.24) is 19.7 Å². The first-order valence-electron chi connectivity index (χ1n) is 7.82. The fourth-order valence-electron chi connectivity index (χ4n) is 2.22. The fraction of sp³-hybridized carbons (Fsp3) is 0.294. The van der Waals surface area contributed by atoms with Crippen LogP contribution in [0.4, 0.5) is 9.52 Å². The number of thioether (sulfide) groups is 1. The maximum atomic E-state index is 13.2. The number of hydrogen-bond acceptors (Lipinski definition) is 6. The normalized spacial score (nSPS) is 11.6. The number of carbonyl (C=O) groups excluding carboxylic acids is 1. The molecule has 1 aromatic carbocycles. The molecule has 3 rings (SSSR count). The van der Waals surface area contributed by atoms with E-state index in [-0.39, 0.29) is 17.1 Å². The van der Waals surface area contributed by atoms with Gasteiger partial charge in [0.2, 0.25) is 5.13 Å². The molecule has 0 saturated heterocycles. The summed E-state index contributed by atoms with van der Waals surface area (Å²) in [6.45, 7) is 6.11. The van der Waals surface area contributed by atoms with Crippen LogP contribution in [0.25, 0.3) is 5.69 Å². The summed E-state index contributed by atoms with van der Waals surface area (Å²) >= 11 is 2.74. The van der Waals surface area contributed by atoms with E-state index in [0.717, 1.165) is 5.01 Å². The Morgan fingerprint density at radius 3 is 2.50 bits per heavy atom. The monoisotopic (exact) mass is 391 g/mol. The third-order valence-electron chi connectivity index (χ3n) is 3.52. The number of anilines is 1. The van der Waals surface area contributed by atoms with Gasteiger partial charge in [0, 0.05) is 11.1 Å². The van der Waals surface area contributed by atoms with E-state index in [2.05, 4.69) is 20.5 Å². The van der Waals surface area contributed by atoms with Gasteiger partial charge in [-0.2, -0.15) is 0 Å². The molecule has 1 N–H and O–H groups in total. The minimum Gasteiger partial charge on any atom is -0.295 e. The Morgan fingerprint density at radius 1 is 1.23 bits per heavy atom. The number of nitrogens with zero attached hydrogens (tertiary/aromatic N) is 4. The van der Waals surface area contributed by atoms with Crippen LogP contribution >= 0.6 is 23.1 Å². The molecule has 0 spiro atoms. The van der Waals surface area contributed by atoms with E-state index < -0.39 is 0 Å². The molecule has 2 heterocycles. The molecule has 6 nitrogen and oxygen atoms in total. The zero-order chi connectivity index (χ0) is 18.9. The van der Waals surface area contributed by atoms with Gasteiger partial charge in [0.15, 0.2) is 5.16 Å². The average Bonchev–Trinajstić information content (AvgIpc) is 3.21. The first-order valence-corrected chi connectivity index (χ1v) is 9.86. The summed E-state index contributed by atoms with van der Waals surface area (Å²) < 4.78 is 14.9. The Hall–Kier alpha value is -2.26. The molecule has 1 amide bonds. The summed E-state index contributed by atoms with van der Waals surface area (Å²) in [5.41, 5.74) is 0.863. The maximum absolute atomic E-state index is 13.2. The predicted molar refractivity (Wildman–Crippen MR) is 102 cm³/mol. The highest BCUT2D eigenvalue weighted by atomic mass is 32.2. The third-order valence-corrected chi connectivity index (χ3v) is 5.43. The van der Waals surface area contributed by atoms with Crippen LogP contribution in [0.2, 0.25) is 0 Å². The molecule has 0 saturated carbocycles. The van der Waals surface area contributed by atoms with Gasteiger partial charge in [-0.3, -0.25) is 14.7 Å². The Kier molecular flexibility index (Phi) is 5.10. The van der Waals surface area contributed by atoms with E-state index >= 15 is 0 Å². The second kappa shape index (κ2) is 7.16. The minimum absolute atomic E-state index is 0.136. The molecule has 0 fully saturated rings. The molecule has 9 heteroatoms.